The van der Waals surface area contributed by atoms with Crippen molar-refractivity contribution in [2.24, 2.45) is 5.41 Å². The number of nitrogens with zero attached hydrogens (tertiary/aromatic N) is 3. The van der Waals surface area contributed by atoms with Gasteiger partial charge in [-0.15, -0.1) is 10.2 Å². The van der Waals surface area contributed by atoms with Crippen molar-refractivity contribution in [2.75, 3.05) is 26.8 Å². The van der Waals surface area contributed by atoms with E-state index in [2.05, 4.69) is 25.4 Å². The molecule has 7 nitrogen and oxygen atoms in total. The lowest BCUT2D eigenvalue weighted by molar-refractivity contribution is 0.0200. The molecule has 0 bridgehead atoms. The van der Waals surface area contributed by atoms with Crippen LogP contribution in [0.4, 0.5) is 4.79 Å². The molecule has 0 unspecified atom stereocenters. The maximum Gasteiger partial charge on any atom is 0.314 e. The average molecular weight is 307 g/mol. The molecular weight excluding hydrogens is 282 g/mol. The third kappa shape index (κ3) is 3.24. The molecular formula is C15H25N5O2. The number of aryl methyl sites for hydroxylation is 1. The molecule has 0 radical (unpaired) electrons. The molecule has 2 heterocycles. The van der Waals surface area contributed by atoms with E-state index in [1.165, 1.54) is 6.42 Å². The Kier molecular flexibility index (Phi) is 4.61. The molecule has 3 rings (SSSR count). The van der Waals surface area contributed by atoms with E-state index in [4.69, 9.17) is 4.74 Å². The number of nitrogens with one attached hydrogen (secondary N) is 2. The Hall–Kier alpha value is -1.63. The minimum atomic E-state index is -0.108. The van der Waals surface area contributed by atoms with Crippen molar-refractivity contribution < 1.29 is 9.53 Å². The molecule has 2 aliphatic rings. The summed E-state index contributed by atoms with van der Waals surface area (Å²) in [4.78, 5) is 11.9. The van der Waals surface area contributed by atoms with Crippen LogP contribution in [0.25, 0.3) is 0 Å². The number of carbonyl (C=O) groups is 1. The number of urea groups is 1. The molecule has 1 aliphatic heterocycles. The summed E-state index contributed by atoms with van der Waals surface area (Å²) in [5, 5.41) is 14.2. The minimum Gasteiger partial charge on any atom is -0.384 e. The van der Waals surface area contributed by atoms with Crippen LogP contribution in [0.3, 0.4) is 0 Å². The second-order valence-corrected chi connectivity index (χ2v) is 6.43. The summed E-state index contributed by atoms with van der Waals surface area (Å²) in [6.07, 6.45) is 6.38. The zero-order chi connectivity index (χ0) is 15.4. The van der Waals surface area contributed by atoms with E-state index < -0.39 is 0 Å². The fourth-order valence-corrected chi connectivity index (χ4v) is 3.37. The van der Waals surface area contributed by atoms with Crippen LogP contribution in [0.2, 0.25) is 0 Å². The molecule has 0 spiro atoms. The Balaban J connectivity index is 1.37. The fourth-order valence-electron chi connectivity index (χ4n) is 3.37. The molecule has 2 N–H and O–H groups in total. The summed E-state index contributed by atoms with van der Waals surface area (Å²) in [6.45, 7) is 3.00. The second kappa shape index (κ2) is 6.64. The first-order valence-corrected chi connectivity index (χ1v) is 8.14. The maximum atomic E-state index is 11.9. The number of ether oxygens (including phenoxy) is 1. The van der Waals surface area contributed by atoms with E-state index in [0.29, 0.717) is 13.1 Å². The highest BCUT2D eigenvalue weighted by Crippen LogP contribution is 2.40. The lowest BCUT2D eigenvalue weighted by Gasteiger charge is -2.41. The number of carbonyl (C=O) groups excluding carboxylic acids is 1. The van der Waals surface area contributed by atoms with Crippen molar-refractivity contribution in [2.45, 2.75) is 45.1 Å². The zero-order valence-corrected chi connectivity index (χ0v) is 13.2. The van der Waals surface area contributed by atoms with Crippen LogP contribution in [0.15, 0.2) is 0 Å². The highest BCUT2D eigenvalue weighted by Gasteiger charge is 2.37. The number of aromatic nitrogens is 3. The van der Waals surface area contributed by atoms with Gasteiger partial charge in [-0.25, -0.2) is 4.79 Å². The van der Waals surface area contributed by atoms with Crippen LogP contribution in [-0.4, -0.2) is 47.6 Å². The predicted octanol–water partition coefficient (Wildman–Crippen LogP) is 0.883. The first-order chi connectivity index (χ1) is 10.7. The van der Waals surface area contributed by atoms with Gasteiger partial charge in [0.2, 0.25) is 0 Å². The van der Waals surface area contributed by atoms with Gasteiger partial charge in [0.25, 0.3) is 0 Å². The molecule has 0 atom stereocenters. The topological polar surface area (TPSA) is 81.1 Å². The van der Waals surface area contributed by atoms with E-state index in [1.807, 2.05) is 0 Å². The number of fused-ring (bicyclic) bond motifs is 1. The Morgan fingerprint density at radius 3 is 2.91 bits per heavy atom. The number of rotatable bonds is 7. The van der Waals surface area contributed by atoms with Crippen molar-refractivity contribution in [1.82, 2.24) is 25.4 Å². The third-order valence-electron chi connectivity index (χ3n) is 4.81. The van der Waals surface area contributed by atoms with Gasteiger partial charge in [-0.2, -0.15) is 0 Å². The van der Waals surface area contributed by atoms with Gasteiger partial charge in [0.1, 0.15) is 11.6 Å². The lowest BCUT2D eigenvalue weighted by Crippen LogP contribution is -2.48. The molecule has 1 aliphatic carbocycles. The summed E-state index contributed by atoms with van der Waals surface area (Å²) < 4.78 is 7.43. The van der Waals surface area contributed by atoms with Gasteiger partial charge in [-0.1, -0.05) is 6.42 Å². The Morgan fingerprint density at radius 2 is 2.18 bits per heavy atom. The van der Waals surface area contributed by atoms with Crippen molar-refractivity contribution in [3.05, 3.63) is 11.6 Å². The van der Waals surface area contributed by atoms with Gasteiger partial charge in [0, 0.05) is 45.0 Å². The SMILES string of the molecule is COCC1(CNC(=O)NCCc2nnc3n2CCC3)CCC1. The molecule has 122 valence electrons. The van der Waals surface area contributed by atoms with Crippen LogP contribution < -0.4 is 10.6 Å². The lowest BCUT2D eigenvalue weighted by atomic mass is 9.69. The van der Waals surface area contributed by atoms with E-state index in [0.717, 1.165) is 56.9 Å². The van der Waals surface area contributed by atoms with Crippen LogP contribution in [0.1, 0.15) is 37.3 Å². The Morgan fingerprint density at radius 1 is 1.32 bits per heavy atom. The molecule has 0 aromatic carbocycles. The first-order valence-electron chi connectivity index (χ1n) is 8.14. The van der Waals surface area contributed by atoms with Crippen LogP contribution >= 0.6 is 0 Å². The van der Waals surface area contributed by atoms with E-state index >= 15 is 0 Å². The molecule has 1 aromatic heterocycles. The van der Waals surface area contributed by atoms with Gasteiger partial charge in [0.15, 0.2) is 0 Å². The van der Waals surface area contributed by atoms with E-state index in [1.54, 1.807) is 7.11 Å². The monoisotopic (exact) mass is 307 g/mol. The normalized spacial score (nSPS) is 18.6. The van der Waals surface area contributed by atoms with Crippen molar-refractivity contribution in [1.29, 1.82) is 0 Å². The van der Waals surface area contributed by atoms with Crippen LogP contribution in [0.5, 0.6) is 0 Å². The number of methoxy groups -OCH3 is 1. The van der Waals surface area contributed by atoms with E-state index in [-0.39, 0.29) is 11.4 Å². The average Bonchev–Trinajstić information content (AvgIpc) is 3.06. The van der Waals surface area contributed by atoms with Crippen LogP contribution in [-0.2, 0) is 24.1 Å². The highest BCUT2D eigenvalue weighted by atomic mass is 16.5. The minimum absolute atomic E-state index is 0.108. The molecule has 1 saturated carbocycles. The van der Waals surface area contributed by atoms with Crippen molar-refractivity contribution in [3.8, 4) is 0 Å². The molecule has 1 aromatic rings. The summed E-state index contributed by atoms with van der Waals surface area (Å²) in [5.74, 6) is 2.05. The molecule has 2 amide bonds. The van der Waals surface area contributed by atoms with Gasteiger partial charge in [0.05, 0.1) is 6.61 Å². The predicted molar refractivity (Wildman–Crippen MR) is 81.6 cm³/mol. The van der Waals surface area contributed by atoms with E-state index in [9.17, 15) is 4.79 Å². The van der Waals surface area contributed by atoms with Gasteiger partial charge >= 0.3 is 6.03 Å². The standard InChI is InChI=1S/C15H25N5O2/c1-22-11-15(6-3-7-15)10-17-14(21)16-8-5-13-19-18-12-4-2-9-20(12)13/h2-11H2,1H3,(H2,16,17,21). The van der Waals surface area contributed by atoms with Gasteiger partial charge < -0.3 is 19.9 Å². The highest BCUT2D eigenvalue weighted by molar-refractivity contribution is 5.73. The first kappa shape index (κ1) is 15.3. The third-order valence-corrected chi connectivity index (χ3v) is 4.81. The number of hydrogen-bond acceptors (Lipinski definition) is 4. The van der Waals surface area contributed by atoms with Gasteiger partial charge in [-0.05, 0) is 19.3 Å². The molecule has 7 heteroatoms. The quantitative estimate of drug-likeness (QED) is 0.783. The summed E-state index contributed by atoms with van der Waals surface area (Å²) >= 11 is 0. The summed E-state index contributed by atoms with van der Waals surface area (Å²) in [6, 6.07) is -0.108. The van der Waals surface area contributed by atoms with Crippen molar-refractivity contribution >= 4 is 6.03 Å². The fraction of sp³-hybridized carbons (Fsp3) is 0.800. The second-order valence-electron chi connectivity index (χ2n) is 6.43. The number of amides is 2. The summed E-state index contributed by atoms with van der Waals surface area (Å²) in [5.41, 5.74) is 0.153. The largest absolute Gasteiger partial charge is 0.384 e. The maximum absolute atomic E-state index is 11.9. The van der Waals surface area contributed by atoms with Crippen molar-refractivity contribution in [3.63, 3.8) is 0 Å². The zero-order valence-electron chi connectivity index (χ0n) is 13.2. The van der Waals surface area contributed by atoms with Gasteiger partial charge in [-0.3, -0.25) is 0 Å². The molecule has 22 heavy (non-hydrogen) atoms. The van der Waals surface area contributed by atoms with Crippen LogP contribution in [0, 0.1) is 5.41 Å². The number of hydrogen-bond donors (Lipinski definition) is 2. The Labute approximate surface area is 130 Å². The Bertz CT molecular complexity index is 524. The molecule has 1 fully saturated rings. The summed E-state index contributed by atoms with van der Waals surface area (Å²) in [7, 11) is 1.72. The molecule has 0 saturated heterocycles. The smallest absolute Gasteiger partial charge is 0.314 e.